The zero-order valence-corrected chi connectivity index (χ0v) is 19.6. The molecule has 34 heavy (non-hydrogen) atoms. The first-order valence-electron chi connectivity index (χ1n) is 11.8. The Morgan fingerprint density at radius 2 is 1.79 bits per heavy atom. The van der Waals surface area contributed by atoms with E-state index in [-0.39, 0.29) is 42.2 Å². The van der Waals surface area contributed by atoms with Gasteiger partial charge in [-0.05, 0) is 62.4 Å². The number of hydrogen-bond acceptors (Lipinski definition) is 5. The molecule has 8 heteroatoms. The zero-order valence-electron chi connectivity index (χ0n) is 19.6. The Bertz CT molecular complexity index is 1070. The lowest BCUT2D eigenvalue weighted by atomic mass is 9.99. The van der Waals surface area contributed by atoms with Crippen LogP contribution in [0.1, 0.15) is 70.0 Å². The predicted molar refractivity (Wildman–Crippen MR) is 126 cm³/mol. The Morgan fingerprint density at radius 3 is 2.56 bits per heavy atom. The van der Waals surface area contributed by atoms with E-state index in [9.17, 15) is 18.8 Å². The van der Waals surface area contributed by atoms with Crippen molar-refractivity contribution in [2.45, 2.75) is 51.1 Å². The number of halogens is 1. The van der Waals surface area contributed by atoms with Crippen molar-refractivity contribution >= 4 is 17.7 Å². The summed E-state index contributed by atoms with van der Waals surface area (Å²) in [6, 6.07) is 12.2. The summed E-state index contributed by atoms with van der Waals surface area (Å²) in [4.78, 5) is 40.5. The Hall–Kier alpha value is -3.10. The van der Waals surface area contributed by atoms with E-state index in [1.54, 1.807) is 36.2 Å². The Labute approximate surface area is 199 Å². The molecule has 2 aliphatic heterocycles. The molecule has 0 bridgehead atoms. The van der Waals surface area contributed by atoms with E-state index in [4.69, 9.17) is 0 Å². The van der Waals surface area contributed by atoms with Crippen LogP contribution in [0.25, 0.3) is 0 Å². The number of carbonyl (C=O) groups is 3. The Morgan fingerprint density at radius 1 is 1.06 bits per heavy atom. The van der Waals surface area contributed by atoms with E-state index >= 15 is 0 Å². The number of nitrogens with zero attached hydrogens (tertiary/aromatic N) is 2. The van der Waals surface area contributed by atoms with Crippen molar-refractivity contribution < 1.29 is 18.8 Å². The maximum atomic E-state index is 13.1. The standard InChI is InChI=1S/C26H31FN4O3/c1-17-7-12-21-22(15-17)26(34)31(25(21)33)14-4-6-24(32)30(2)13-3-5-20-16-23(29-28-20)18-8-10-19(27)11-9-18/h7-12,15,20,23,28-29H,3-6,13-14,16H2,1-2H3. The molecule has 4 rings (SSSR count). The number of benzene rings is 2. The van der Waals surface area contributed by atoms with Gasteiger partial charge in [0.15, 0.2) is 0 Å². The number of aryl methyl sites for hydroxylation is 1. The molecule has 0 spiro atoms. The predicted octanol–water partition coefficient (Wildman–Crippen LogP) is 3.36. The molecule has 7 nitrogen and oxygen atoms in total. The van der Waals surface area contributed by atoms with Crippen molar-refractivity contribution in [3.63, 3.8) is 0 Å². The Balaban J connectivity index is 1.15. The minimum absolute atomic E-state index is 0.00847. The summed E-state index contributed by atoms with van der Waals surface area (Å²) in [6.07, 6.45) is 3.41. The molecule has 1 saturated heterocycles. The summed E-state index contributed by atoms with van der Waals surface area (Å²) in [5.74, 6) is -0.787. The quantitative estimate of drug-likeness (QED) is 0.554. The number of hydrogen-bond donors (Lipinski definition) is 2. The van der Waals surface area contributed by atoms with Crippen LogP contribution in [0.5, 0.6) is 0 Å². The molecule has 1 fully saturated rings. The molecule has 0 radical (unpaired) electrons. The Kier molecular flexibility index (Phi) is 7.38. The van der Waals surface area contributed by atoms with Crippen LogP contribution in [0.4, 0.5) is 4.39 Å². The second-order valence-electron chi connectivity index (χ2n) is 9.20. The monoisotopic (exact) mass is 466 g/mol. The number of rotatable bonds is 9. The highest BCUT2D eigenvalue weighted by Gasteiger charge is 2.35. The number of hydrazine groups is 1. The second-order valence-corrected chi connectivity index (χ2v) is 9.20. The lowest BCUT2D eigenvalue weighted by Crippen LogP contribution is -2.33. The molecular formula is C26H31FN4O3. The molecule has 2 atom stereocenters. The van der Waals surface area contributed by atoms with Gasteiger partial charge in [0.2, 0.25) is 5.91 Å². The van der Waals surface area contributed by atoms with E-state index in [1.807, 2.05) is 13.0 Å². The third-order valence-corrected chi connectivity index (χ3v) is 6.62. The normalized spacial score (nSPS) is 19.6. The van der Waals surface area contributed by atoms with Crippen LogP contribution < -0.4 is 10.9 Å². The van der Waals surface area contributed by atoms with Gasteiger partial charge >= 0.3 is 0 Å². The molecule has 0 saturated carbocycles. The molecule has 2 aliphatic rings. The number of imide groups is 1. The van der Waals surface area contributed by atoms with Crippen molar-refractivity contribution in [3.8, 4) is 0 Å². The van der Waals surface area contributed by atoms with E-state index in [2.05, 4.69) is 10.9 Å². The van der Waals surface area contributed by atoms with Crippen LogP contribution in [0.15, 0.2) is 42.5 Å². The number of amides is 3. The number of nitrogens with one attached hydrogen (secondary N) is 2. The minimum atomic E-state index is -0.280. The highest BCUT2D eigenvalue weighted by atomic mass is 19.1. The minimum Gasteiger partial charge on any atom is -0.346 e. The number of fused-ring (bicyclic) bond motifs is 1. The molecule has 2 unspecified atom stereocenters. The first-order valence-corrected chi connectivity index (χ1v) is 11.8. The van der Waals surface area contributed by atoms with Gasteiger partial charge in [0.05, 0.1) is 11.1 Å². The van der Waals surface area contributed by atoms with Crippen LogP contribution in [0.3, 0.4) is 0 Å². The van der Waals surface area contributed by atoms with Gasteiger partial charge in [0, 0.05) is 38.6 Å². The molecule has 2 aromatic carbocycles. The van der Waals surface area contributed by atoms with Gasteiger partial charge in [-0.25, -0.2) is 4.39 Å². The second kappa shape index (κ2) is 10.4. The van der Waals surface area contributed by atoms with E-state index in [0.717, 1.165) is 30.4 Å². The van der Waals surface area contributed by atoms with Crippen molar-refractivity contribution in [1.29, 1.82) is 0 Å². The highest BCUT2D eigenvalue weighted by Crippen LogP contribution is 2.25. The van der Waals surface area contributed by atoms with Crippen LogP contribution in [-0.2, 0) is 4.79 Å². The molecule has 0 aliphatic carbocycles. The molecule has 2 aromatic rings. The van der Waals surface area contributed by atoms with E-state index in [0.29, 0.717) is 30.5 Å². The summed E-state index contributed by atoms with van der Waals surface area (Å²) in [5, 5.41) is 0. The fourth-order valence-corrected chi connectivity index (χ4v) is 4.61. The maximum absolute atomic E-state index is 13.1. The summed E-state index contributed by atoms with van der Waals surface area (Å²) >= 11 is 0. The maximum Gasteiger partial charge on any atom is 0.261 e. The highest BCUT2D eigenvalue weighted by molar-refractivity contribution is 6.21. The lowest BCUT2D eigenvalue weighted by molar-refractivity contribution is -0.130. The third kappa shape index (κ3) is 5.34. The van der Waals surface area contributed by atoms with E-state index < -0.39 is 0 Å². The van der Waals surface area contributed by atoms with Gasteiger partial charge < -0.3 is 4.90 Å². The lowest BCUT2D eigenvalue weighted by Gasteiger charge is -2.19. The summed E-state index contributed by atoms with van der Waals surface area (Å²) in [5.41, 5.74) is 9.43. The van der Waals surface area contributed by atoms with Gasteiger partial charge in [0.1, 0.15) is 5.82 Å². The molecule has 2 heterocycles. The first kappa shape index (κ1) is 24.0. The largest absolute Gasteiger partial charge is 0.346 e. The first-order chi connectivity index (χ1) is 16.3. The summed E-state index contributed by atoms with van der Waals surface area (Å²) in [6.45, 7) is 2.77. The molecule has 3 amide bonds. The van der Waals surface area contributed by atoms with Gasteiger partial charge in [-0.1, -0.05) is 23.8 Å². The van der Waals surface area contributed by atoms with Gasteiger partial charge in [-0.3, -0.25) is 30.1 Å². The number of carbonyl (C=O) groups excluding carboxylic acids is 3. The van der Waals surface area contributed by atoms with Crippen LogP contribution in [0, 0.1) is 12.7 Å². The van der Waals surface area contributed by atoms with Crippen LogP contribution >= 0.6 is 0 Å². The van der Waals surface area contributed by atoms with Crippen molar-refractivity contribution in [2.24, 2.45) is 0 Å². The molecular weight excluding hydrogens is 435 g/mol. The van der Waals surface area contributed by atoms with Gasteiger partial charge in [-0.2, -0.15) is 0 Å². The topological polar surface area (TPSA) is 81.8 Å². The zero-order chi connectivity index (χ0) is 24.2. The fourth-order valence-electron chi connectivity index (χ4n) is 4.61. The van der Waals surface area contributed by atoms with Gasteiger partial charge in [0.25, 0.3) is 11.8 Å². The van der Waals surface area contributed by atoms with Crippen molar-refractivity contribution in [3.05, 3.63) is 70.5 Å². The third-order valence-electron chi connectivity index (χ3n) is 6.62. The molecule has 0 aromatic heterocycles. The molecule has 180 valence electrons. The van der Waals surface area contributed by atoms with Gasteiger partial charge in [-0.15, -0.1) is 0 Å². The smallest absolute Gasteiger partial charge is 0.261 e. The SMILES string of the molecule is Cc1ccc2c(c1)C(=O)N(CCCC(=O)N(C)CCCC1CC(c3ccc(F)cc3)NN1)C2=O. The summed E-state index contributed by atoms with van der Waals surface area (Å²) < 4.78 is 13.1. The van der Waals surface area contributed by atoms with Crippen LogP contribution in [0.2, 0.25) is 0 Å². The average molecular weight is 467 g/mol. The van der Waals surface area contributed by atoms with E-state index in [1.165, 1.54) is 17.0 Å². The average Bonchev–Trinajstić information content (AvgIpc) is 3.38. The van der Waals surface area contributed by atoms with Crippen molar-refractivity contribution in [1.82, 2.24) is 20.7 Å². The molecule has 2 N–H and O–H groups in total. The van der Waals surface area contributed by atoms with Crippen LogP contribution in [-0.4, -0.2) is 53.7 Å². The summed E-state index contributed by atoms with van der Waals surface area (Å²) in [7, 11) is 1.79. The fraction of sp³-hybridized carbons (Fsp3) is 0.423. The van der Waals surface area contributed by atoms with Crippen molar-refractivity contribution in [2.75, 3.05) is 20.1 Å².